The van der Waals surface area contributed by atoms with Crippen LogP contribution in [0.4, 0.5) is 0 Å². The normalized spacial score (nSPS) is 14.8. The van der Waals surface area contributed by atoms with E-state index in [-0.39, 0.29) is 6.54 Å². The number of H-pyrrole nitrogens is 1. The second kappa shape index (κ2) is 4.62. The molecule has 0 saturated heterocycles. The number of pyridine rings is 1. The minimum absolute atomic E-state index is 0.0487. The summed E-state index contributed by atoms with van der Waals surface area (Å²) in [5.74, 6) is 0. The van der Waals surface area contributed by atoms with E-state index in [4.69, 9.17) is 5.73 Å². The molecule has 0 amide bonds. The van der Waals surface area contributed by atoms with E-state index in [1.54, 1.807) is 12.3 Å². The Balaban J connectivity index is 2.45. The zero-order valence-corrected chi connectivity index (χ0v) is 9.00. The summed E-state index contributed by atoms with van der Waals surface area (Å²) in [7, 11) is 0. The largest absolute Gasteiger partial charge is 0.389 e. The number of fused-ring (bicyclic) bond motifs is 1. The van der Waals surface area contributed by atoms with Crippen LogP contribution >= 0.6 is 0 Å². The first-order chi connectivity index (χ1) is 8.17. The third-order valence-electron chi connectivity index (χ3n) is 2.66. The van der Waals surface area contributed by atoms with Crippen molar-refractivity contribution in [1.29, 1.82) is 0 Å². The number of aliphatic hydroxyl groups is 2. The quantitative estimate of drug-likeness (QED) is 0.545. The molecule has 0 aliphatic heterocycles. The Bertz CT molecular complexity index is 538. The van der Waals surface area contributed by atoms with Crippen LogP contribution in [0, 0.1) is 0 Å². The van der Waals surface area contributed by atoms with Crippen LogP contribution in [0.5, 0.6) is 0 Å². The lowest BCUT2D eigenvalue weighted by Gasteiger charge is -2.15. The highest BCUT2D eigenvalue weighted by molar-refractivity contribution is 5.95. The Kier molecular flexibility index (Phi) is 3.19. The number of aromatic amines is 1. The molecule has 0 aliphatic carbocycles. The molecule has 0 spiro atoms. The summed E-state index contributed by atoms with van der Waals surface area (Å²) in [6.07, 6.45) is 1.53. The van der Waals surface area contributed by atoms with Gasteiger partial charge in [0.15, 0.2) is 6.29 Å². The molecule has 6 heteroatoms. The summed E-state index contributed by atoms with van der Waals surface area (Å²) in [5.41, 5.74) is 6.72. The van der Waals surface area contributed by atoms with Crippen molar-refractivity contribution >= 4 is 17.3 Å². The molecule has 0 aliphatic rings. The van der Waals surface area contributed by atoms with E-state index in [0.29, 0.717) is 28.4 Å². The van der Waals surface area contributed by atoms with Crippen LogP contribution in [-0.4, -0.2) is 39.1 Å². The van der Waals surface area contributed by atoms with Gasteiger partial charge in [0, 0.05) is 35.5 Å². The summed E-state index contributed by atoms with van der Waals surface area (Å²) < 4.78 is 0. The van der Waals surface area contributed by atoms with Crippen LogP contribution in [0.2, 0.25) is 0 Å². The number of nitrogens with zero attached hydrogens (tertiary/aromatic N) is 1. The fourth-order valence-electron chi connectivity index (χ4n) is 1.65. The van der Waals surface area contributed by atoms with Crippen molar-refractivity contribution in [2.75, 3.05) is 6.54 Å². The van der Waals surface area contributed by atoms with Crippen molar-refractivity contribution in [3.8, 4) is 0 Å². The maximum Gasteiger partial charge on any atom is 0.152 e. The highest BCUT2D eigenvalue weighted by Crippen LogP contribution is 2.21. The van der Waals surface area contributed by atoms with Gasteiger partial charge in [-0.1, -0.05) is 0 Å². The van der Waals surface area contributed by atoms with Crippen molar-refractivity contribution in [3.05, 3.63) is 29.6 Å². The van der Waals surface area contributed by atoms with Crippen LogP contribution in [-0.2, 0) is 0 Å². The Morgan fingerprint density at radius 3 is 2.94 bits per heavy atom. The smallest absolute Gasteiger partial charge is 0.152 e. The van der Waals surface area contributed by atoms with Crippen molar-refractivity contribution in [2.24, 2.45) is 5.73 Å². The first-order valence-electron chi connectivity index (χ1n) is 5.15. The van der Waals surface area contributed by atoms with E-state index in [9.17, 15) is 15.0 Å². The van der Waals surface area contributed by atoms with Crippen molar-refractivity contribution in [1.82, 2.24) is 9.97 Å². The van der Waals surface area contributed by atoms with Crippen molar-refractivity contribution < 1.29 is 15.0 Å². The lowest BCUT2D eigenvalue weighted by molar-refractivity contribution is 0.0242. The minimum atomic E-state index is -1.11. The third-order valence-corrected chi connectivity index (χ3v) is 2.66. The predicted octanol–water partition coefficient (Wildman–Crippen LogP) is -0.272. The molecule has 90 valence electrons. The Labute approximate surface area is 97.1 Å². The number of aliphatic hydroxyl groups excluding tert-OH is 2. The average molecular weight is 235 g/mol. The number of hydrogen-bond acceptors (Lipinski definition) is 5. The Morgan fingerprint density at radius 1 is 1.53 bits per heavy atom. The van der Waals surface area contributed by atoms with Crippen LogP contribution in [0.15, 0.2) is 18.5 Å². The molecular weight excluding hydrogens is 222 g/mol. The van der Waals surface area contributed by atoms with Crippen LogP contribution < -0.4 is 5.73 Å². The molecule has 5 N–H and O–H groups in total. The van der Waals surface area contributed by atoms with Gasteiger partial charge in [-0.05, 0) is 6.07 Å². The van der Waals surface area contributed by atoms with Gasteiger partial charge in [-0.2, -0.15) is 0 Å². The molecule has 0 fully saturated rings. The lowest BCUT2D eigenvalue weighted by atomic mass is 10.0. The molecule has 0 saturated carbocycles. The van der Waals surface area contributed by atoms with Gasteiger partial charge in [0.05, 0.1) is 6.10 Å². The maximum atomic E-state index is 10.8. The second-order valence-corrected chi connectivity index (χ2v) is 3.77. The average Bonchev–Trinajstić information content (AvgIpc) is 2.78. The fourth-order valence-corrected chi connectivity index (χ4v) is 1.65. The fraction of sp³-hybridized carbons (Fsp3) is 0.273. The van der Waals surface area contributed by atoms with Gasteiger partial charge in [-0.15, -0.1) is 0 Å². The molecule has 6 nitrogen and oxygen atoms in total. The van der Waals surface area contributed by atoms with Gasteiger partial charge in [0.25, 0.3) is 0 Å². The topological polar surface area (TPSA) is 112 Å². The number of nitrogens with two attached hydrogens (primary N) is 1. The van der Waals surface area contributed by atoms with Gasteiger partial charge >= 0.3 is 0 Å². The predicted molar refractivity (Wildman–Crippen MR) is 61.5 cm³/mol. The van der Waals surface area contributed by atoms with E-state index in [2.05, 4.69) is 9.97 Å². The molecule has 2 unspecified atom stereocenters. The zero-order chi connectivity index (χ0) is 12.4. The maximum absolute atomic E-state index is 10.8. The molecular formula is C11H13N3O3. The Morgan fingerprint density at radius 2 is 2.29 bits per heavy atom. The first-order valence-corrected chi connectivity index (χ1v) is 5.15. The minimum Gasteiger partial charge on any atom is -0.389 e. The number of nitrogens with one attached hydrogen (secondary N) is 1. The Hall–Kier alpha value is -1.76. The lowest BCUT2D eigenvalue weighted by Crippen LogP contribution is -2.27. The number of aromatic nitrogens is 2. The molecule has 2 rings (SSSR count). The van der Waals surface area contributed by atoms with E-state index < -0.39 is 12.2 Å². The van der Waals surface area contributed by atoms with Crippen LogP contribution in [0.3, 0.4) is 0 Å². The van der Waals surface area contributed by atoms with E-state index >= 15 is 0 Å². The van der Waals surface area contributed by atoms with Crippen molar-refractivity contribution in [2.45, 2.75) is 12.2 Å². The molecule has 0 aromatic carbocycles. The highest BCUT2D eigenvalue weighted by atomic mass is 16.3. The van der Waals surface area contributed by atoms with Crippen molar-refractivity contribution in [3.63, 3.8) is 0 Å². The molecule has 2 heterocycles. The van der Waals surface area contributed by atoms with Crippen LogP contribution in [0.25, 0.3) is 11.0 Å². The summed E-state index contributed by atoms with van der Waals surface area (Å²) in [6.45, 7) is -0.0487. The molecule has 0 radical (unpaired) electrons. The second-order valence-electron chi connectivity index (χ2n) is 3.77. The molecule has 17 heavy (non-hydrogen) atoms. The highest BCUT2D eigenvalue weighted by Gasteiger charge is 2.18. The van der Waals surface area contributed by atoms with E-state index in [1.807, 2.05) is 0 Å². The number of hydrogen-bond donors (Lipinski definition) is 4. The zero-order valence-electron chi connectivity index (χ0n) is 9.00. The molecule has 2 aromatic rings. The van der Waals surface area contributed by atoms with Gasteiger partial charge in [0.2, 0.25) is 0 Å². The van der Waals surface area contributed by atoms with Gasteiger partial charge in [-0.25, -0.2) is 4.98 Å². The summed E-state index contributed by atoms with van der Waals surface area (Å²) in [5, 5.41) is 19.8. The number of aldehydes is 1. The standard InChI is InChI=1S/C11H13N3O3/c12-2-9(16)10(17)6-1-8-7(5-15)4-14-11(8)13-3-6/h1,3-5,9-10,16-17H,2,12H2,(H,13,14). The van der Waals surface area contributed by atoms with Gasteiger partial charge in [-0.3, -0.25) is 4.79 Å². The number of carbonyl (C=O) groups excluding carboxylic acids is 1. The summed E-state index contributed by atoms with van der Waals surface area (Å²) >= 11 is 0. The van der Waals surface area contributed by atoms with E-state index in [1.165, 1.54) is 6.20 Å². The molecule has 0 bridgehead atoms. The first kappa shape index (κ1) is 11.7. The number of rotatable bonds is 4. The molecule has 2 aromatic heterocycles. The van der Waals surface area contributed by atoms with Gasteiger partial charge < -0.3 is 20.9 Å². The monoisotopic (exact) mass is 235 g/mol. The third kappa shape index (κ3) is 2.05. The van der Waals surface area contributed by atoms with Crippen LogP contribution in [0.1, 0.15) is 22.0 Å². The van der Waals surface area contributed by atoms with E-state index in [0.717, 1.165) is 0 Å². The SMILES string of the molecule is NCC(O)C(O)c1cnc2[nH]cc(C=O)c2c1. The van der Waals surface area contributed by atoms with Gasteiger partial charge in [0.1, 0.15) is 11.8 Å². The number of carbonyl (C=O) groups is 1. The summed E-state index contributed by atoms with van der Waals surface area (Å²) in [6, 6.07) is 1.62. The summed E-state index contributed by atoms with van der Waals surface area (Å²) in [4.78, 5) is 17.7. The molecule has 2 atom stereocenters.